The standard InChI is InChI=1S/C12H12BrNO3/c1-7(2)5-11(15)14-10-4-3-8(12(16)17)6-9(10)13/h3-6H,1-2H3,(H,14,15)(H,16,17). The number of anilines is 1. The Morgan fingerprint density at radius 3 is 2.47 bits per heavy atom. The number of rotatable bonds is 3. The highest BCUT2D eigenvalue weighted by Gasteiger charge is 2.08. The number of carbonyl (C=O) groups is 2. The molecule has 1 amide bonds. The topological polar surface area (TPSA) is 66.4 Å². The Bertz CT molecular complexity index is 491. The summed E-state index contributed by atoms with van der Waals surface area (Å²) in [5.41, 5.74) is 1.59. The van der Waals surface area contributed by atoms with E-state index in [1.54, 1.807) is 6.07 Å². The zero-order chi connectivity index (χ0) is 13.0. The van der Waals surface area contributed by atoms with Gasteiger partial charge in [0.15, 0.2) is 0 Å². The molecule has 2 N–H and O–H groups in total. The van der Waals surface area contributed by atoms with Crippen molar-refractivity contribution in [1.29, 1.82) is 0 Å². The summed E-state index contributed by atoms with van der Waals surface area (Å²) in [6, 6.07) is 4.43. The highest BCUT2D eigenvalue weighted by Crippen LogP contribution is 2.23. The summed E-state index contributed by atoms with van der Waals surface area (Å²) < 4.78 is 0.535. The molecule has 0 aliphatic carbocycles. The molecule has 17 heavy (non-hydrogen) atoms. The number of carbonyl (C=O) groups excluding carboxylic acids is 1. The van der Waals surface area contributed by atoms with Crippen LogP contribution in [0.25, 0.3) is 0 Å². The van der Waals surface area contributed by atoms with E-state index in [0.29, 0.717) is 10.2 Å². The molecule has 0 saturated heterocycles. The normalized spacial score (nSPS) is 9.59. The van der Waals surface area contributed by atoms with E-state index in [0.717, 1.165) is 5.57 Å². The minimum atomic E-state index is -1.01. The molecule has 0 saturated carbocycles. The van der Waals surface area contributed by atoms with Gasteiger partial charge in [-0.05, 0) is 48.0 Å². The van der Waals surface area contributed by atoms with Crippen LogP contribution in [0.2, 0.25) is 0 Å². The van der Waals surface area contributed by atoms with Crippen molar-refractivity contribution in [3.63, 3.8) is 0 Å². The van der Waals surface area contributed by atoms with E-state index >= 15 is 0 Å². The molecule has 1 aromatic carbocycles. The molecule has 0 heterocycles. The number of amides is 1. The number of aromatic carboxylic acids is 1. The van der Waals surface area contributed by atoms with Gasteiger partial charge in [-0.2, -0.15) is 0 Å². The van der Waals surface area contributed by atoms with Gasteiger partial charge in [-0.25, -0.2) is 4.79 Å². The van der Waals surface area contributed by atoms with Gasteiger partial charge in [0.05, 0.1) is 11.3 Å². The molecular weight excluding hydrogens is 286 g/mol. The second-order valence-corrected chi connectivity index (χ2v) is 4.57. The summed E-state index contributed by atoms with van der Waals surface area (Å²) in [6.45, 7) is 3.64. The van der Waals surface area contributed by atoms with Crippen LogP contribution < -0.4 is 5.32 Å². The zero-order valence-corrected chi connectivity index (χ0v) is 11.0. The largest absolute Gasteiger partial charge is 0.478 e. The lowest BCUT2D eigenvalue weighted by Crippen LogP contribution is -2.09. The van der Waals surface area contributed by atoms with Crippen LogP contribution in [0.4, 0.5) is 5.69 Å². The molecule has 0 aliphatic heterocycles. The molecular formula is C12H12BrNO3. The van der Waals surface area contributed by atoms with E-state index in [4.69, 9.17) is 5.11 Å². The Labute approximate surface area is 107 Å². The van der Waals surface area contributed by atoms with E-state index in [9.17, 15) is 9.59 Å². The summed E-state index contributed by atoms with van der Waals surface area (Å²) in [5, 5.41) is 11.4. The van der Waals surface area contributed by atoms with Gasteiger partial charge in [-0.15, -0.1) is 0 Å². The molecule has 4 nitrogen and oxygen atoms in total. The maximum Gasteiger partial charge on any atom is 0.335 e. The number of allylic oxidation sites excluding steroid dienone is 1. The number of benzene rings is 1. The first-order chi connectivity index (χ1) is 7.90. The molecule has 90 valence electrons. The quantitative estimate of drug-likeness (QED) is 0.843. The molecule has 0 unspecified atom stereocenters. The number of hydrogen-bond acceptors (Lipinski definition) is 2. The fraction of sp³-hybridized carbons (Fsp3) is 0.167. The lowest BCUT2D eigenvalue weighted by molar-refractivity contribution is -0.111. The van der Waals surface area contributed by atoms with Gasteiger partial charge < -0.3 is 10.4 Å². The number of carboxylic acid groups (broad SMARTS) is 1. The van der Waals surface area contributed by atoms with Crippen molar-refractivity contribution in [2.24, 2.45) is 0 Å². The average Bonchev–Trinajstić information content (AvgIpc) is 2.19. The number of halogens is 1. The first-order valence-electron chi connectivity index (χ1n) is 4.89. The molecule has 0 bridgehead atoms. The van der Waals surface area contributed by atoms with Crippen molar-refractivity contribution in [2.75, 3.05) is 5.32 Å². The highest BCUT2D eigenvalue weighted by molar-refractivity contribution is 9.10. The van der Waals surface area contributed by atoms with E-state index in [2.05, 4.69) is 21.2 Å². The van der Waals surface area contributed by atoms with Crippen LogP contribution in [0.15, 0.2) is 34.3 Å². The smallest absolute Gasteiger partial charge is 0.335 e. The second kappa shape index (κ2) is 5.63. The molecule has 0 radical (unpaired) electrons. The Morgan fingerprint density at radius 1 is 1.35 bits per heavy atom. The van der Waals surface area contributed by atoms with Crippen LogP contribution in [0, 0.1) is 0 Å². The number of nitrogens with one attached hydrogen (secondary N) is 1. The van der Waals surface area contributed by atoms with E-state index in [1.165, 1.54) is 18.2 Å². The van der Waals surface area contributed by atoms with Gasteiger partial charge in [-0.3, -0.25) is 4.79 Å². The van der Waals surface area contributed by atoms with Crippen LogP contribution in [0.5, 0.6) is 0 Å². The third-order valence-corrected chi connectivity index (χ3v) is 2.55. The lowest BCUT2D eigenvalue weighted by Gasteiger charge is -2.06. The molecule has 1 aromatic rings. The van der Waals surface area contributed by atoms with Crippen LogP contribution in [0.3, 0.4) is 0 Å². The Kier molecular flexibility index (Phi) is 4.45. The van der Waals surface area contributed by atoms with Crippen molar-refractivity contribution >= 4 is 33.5 Å². The zero-order valence-electron chi connectivity index (χ0n) is 9.45. The van der Waals surface area contributed by atoms with Crippen molar-refractivity contribution in [1.82, 2.24) is 0 Å². The van der Waals surface area contributed by atoms with E-state index in [-0.39, 0.29) is 11.5 Å². The summed E-state index contributed by atoms with van der Waals surface area (Å²) in [4.78, 5) is 22.2. The van der Waals surface area contributed by atoms with Crippen molar-refractivity contribution < 1.29 is 14.7 Å². The third kappa shape index (κ3) is 4.03. The monoisotopic (exact) mass is 297 g/mol. The number of hydrogen-bond donors (Lipinski definition) is 2. The fourth-order valence-electron chi connectivity index (χ4n) is 1.18. The van der Waals surface area contributed by atoms with Crippen LogP contribution in [0.1, 0.15) is 24.2 Å². The van der Waals surface area contributed by atoms with Gasteiger partial charge in [0.2, 0.25) is 5.91 Å². The predicted octanol–water partition coefficient (Wildman–Crippen LogP) is 3.05. The molecule has 0 fully saturated rings. The van der Waals surface area contributed by atoms with Crippen LogP contribution >= 0.6 is 15.9 Å². The van der Waals surface area contributed by atoms with Crippen LogP contribution in [-0.2, 0) is 4.79 Å². The molecule has 0 aliphatic rings. The van der Waals surface area contributed by atoms with E-state index in [1.807, 2.05) is 13.8 Å². The van der Waals surface area contributed by atoms with Gasteiger partial charge in [0, 0.05) is 10.5 Å². The van der Waals surface area contributed by atoms with Gasteiger partial charge in [0.25, 0.3) is 0 Å². The van der Waals surface area contributed by atoms with Crippen LogP contribution in [-0.4, -0.2) is 17.0 Å². The Balaban J connectivity index is 2.90. The fourth-order valence-corrected chi connectivity index (χ4v) is 1.66. The van der Waals surface area contributed by atoms with Crippen molar-refractivity contribution in [3.8, 4) is 0 Å². The maximum atomic E-state index is 11.5. The van der Waals surface area contributed by atoms with Crippen molar-refractivity contribution in [2.45, 2.75) is 13.8 Å². The minimum Gasteiger partial charge on any atom is -0.478 e. The van der Waals surface area contributed by atoms with Gasteiger partial charge in [0.1, 0.15) is 0 Å². The summed E-state index contributed by atoms with van der Waals surface area (Å²) >= 11 is 3.21. The van der Waals surface area contributed by atoms with Gasteiger partial charge in [-0.1, -0.05) is 5.57 Å². The lowest BCUT2D eigenvalue weighted by atomic mass is 10.2. The molecule has 1 rings (SSSR count). The average molecular weight is 298 g/mol. The first kappa shape index (κ1) is 13.4. The van der Waals surface area contributed by atoms with Crippen molar-refractivity contribution in [3.05, 3.63) is 39.9 Å². The third-order valence-electron chi connectivity index (χ3n) is 1.89. The minimum absolute atomic E-state index is 0.164. The van der Waals surface area contributed by atoms with Gasteiger partial charge >= 0.3 is 5.97 Å². The first-order valence-corrected chi connectivity index (χ1v) is 5.68. The Morgan fingerprint density at radius 2 is 2.00 bits per heavy atom. The highest BCUT2D eigenvalue weighted by atomic mass is 79.9. The van der Waals surface area contributed by atoms with E-state index < -0.39 is 5.97 Å². The maximum absolute atomic E-state index is 11.5. The summed E-state index contributed by atoms with van der Waals surface area (Å²) in [6.07, 6.45) is 1.47. The predicted molar refractivity (Wildman–Crippen MR) is 69.2 cm³/mol. The summed E-state index contributed by atoms with van der Waals surface area (Å²) in [5.74, 6) is -1.25. The SMILES string of the molecule is CC(C)=CC(=O)Nc1ccc(C(=O)O)cc1Br. The molecule has 0 atom stereocenters. The number of carboxylic acids is 1. The molecule has 0 spiro atoms. The second-order valence-electron chi connectivity index (χ2n) is 3.71. The Hall–Kier alpha value is -1.62. The molecule has 0 aromatic heterocycles. The molecule has 5 heteroatoms. The summed E-state index contributed by atoms with van der Waals surface area (Å²) in [7, 11) is 0.